The van der Waals surface area contributed by atoms with Crippen molar-refractivity contribution in [3.63, 3.8) is 0 Å². The van der Waals surface area contributed by atoms with E-state index in [1.807, 2.05) is 24.3 Å². The minimum Gasteiger partial charge on any atom is -0.493 e. The minimum atomic E-state index is -3.62. The first-order chi connectivity index (χ1) is 13.5. The highest BCUT2D eigenvalue weighted by Gasteiger charge is 2.29. The number of hydrogen-bond acceptors (Lipinski definition) is 4. The predicted molar refractivity (Wildman–Crippen MR) is 106 cm³/mol. The molecule has 2 heterocycles. The van der Waals surface area contributed by atoms with Crippen LogP contribution >= 0.6 is 11.6 Å². The summed E-state index contributed by atoms with van der Waals surface area (Å²) in [5.74, 6) is 0.348. The van der Waals surface area contributed by atoms with E-state index in [0.717, 1.165) is 24.2 Å². The number of fused-ring (bicyclic) bond motifs is 1. The molecule has 28 heavy (non-hydrogen) atoms. The van der Waals surface area contributed by atoms with Crippen molar-refractivity contribution in [2.75, 3.05) is 19.7 Å². The van der Waals surface area contributed by atoms with Crippen LogP contribution < -0.4 is 10.1 Å². The zero-order valence-corrected chi connectivity index (χ0v) is 16.8. The normalized spacial score (nSPS) is 19.7. The molecule has 0 aromatic heterocycles. The van der Waals surface area contributed by atoms with E-state index in [-0.39, 0.29) is 21.5 Å². The van der Waals surface area contributed by atoms with Gasteiger partial charge in [-0.15, -0.1) is 0 Å². The zero-order valence-electron chi connectivity index (χ0n) is 15.2. The molecule has 2 aromatic rings. The van der Waals surface area contributed by atoms with Gasteiger partial charge in [0.2, 0.25) is 10.0 Å². The molecule has 1 fully saturated rings. The Hall–Kier alpha value is -2.09. The van der Waals surface area contributed by atoms with Crippen molar-refractivity contribution >= 4 is 27.5 Å². The van der Waals surface area contributed by atoms with Gasteiger partial charge >= 0.3 is 0 Å². The number of para-hydroxylation sites is 1. The van der Waals surface area contributed by atoms with Crippen LogP contribution in [0, 0.1) is 0 Å². The molecular weight excluding hydrogens is 400 g/mol. The second-order valence-corrected chi connectivity index (χ2v) is 9.30. The number of nitrogens with one attached hydrogen (secondary N) is 1. The number of carbonyl (C=O) groups is 1. The molecule has 2 aliphatic heterocycles. The summed E-state index contributed by atoms with van der Waals surface area (Å²) in [6.07, 6.45) is 2.33. The molecule has 1 atom stereocenters. The Bertz CT molecular complexity index is 1000. The van der Waals surface area contributed by atoms with Gasteiger partial charge in [0.1, 0.15) is 5.75 Å². The zero-order chi connectivity index (χ0) is 19.7. The van der Waals surface area contributed by atoms with Gasteiger partial charge < -0.3 is 10.1 Å². The van der Waals surface area contributed by atoms with Gasteiger partial charge in [0.05, 0.1) is 28.1 Å². The minimum absolute atomic E-state index is 0.0938. The number of carbonyl (C=O) groups excluding carboxylic acids is 1. The van der Waals surface area contributed by atoms with E-state index in [4.69, 9.17) is 16.3 Å². The van der Waals surface area contributed by atoms with Crippen LogP contribution in [-0.2, 0) is 10.0 Å². The van der Waals surface area contributed by atoms with Crippen LogP contribution in [0.2, 0.25) is 5.02 Å². The summed E-state index contributed by atoms with van der Waals surface area (Å²) in [6.45, 7) is 1.51. The van der Waals surface area contributed by atoms with Crippen molar-refractivity contribution in [1.82, 2.24) is 9.62 Å². The molecule has 0 saturated carbocycles. The van der Waals surface area contributed by atoms with Gasteiger partial charge in [0.15, 0.2) is 0 Å². The second-order valence-electron chi connectivity index (χ2n) is 6.95. The first-order valence-corrected chi connectivity index (χ1v) is 11.1. The lowest BCUT2D eigenvalue weighted by Gasteiger charge is -2.26. The van der Waals surface area contributed by atoms with Gasteiger partial charge in [-0.2, -0.15) is 4.31 Å². The Kier molecular flexibility index (Phi) is 5.31. The predicted octanol–water partition coefficient (Wildman–Crippen LogP) is 3.38. The van der Waals surface area contributed by atoms with E-state index >= 15 is 0 Å². The summed E-state index contributed by atoms with van der Waals surface area (Å²) in [5.41, 5.74) is 1.06. The van der Waals surface area contributed by atoms with E-state index in [1.54, 1.807) is 0 Å². The van der Waals surface area contributed by atoms with Gasteiger partial charge in [-0.1, -0.05) is 29.8 Å². The summed E-state index contributed by atoms with van der Waals surface area (Å²) >= 11 is 6.22. The molecule has 6 nitrogen and oxygen atoms in total. The van der Waals surface area contributed by atoms with Crippen LogP contribution in [-0.4, -0.2) is 38.3 Å². The molecular formula is C20H21ClN2O4S. The second kappa shape index (κ2) is 7.73. The van der Waals surface area contributed by atoms with Gasteiger partial charge in [-0.05, 0) is 37.1 Å². The van der Waals surface area contributed by atoms with E-state index < -0.39 is 15.9 Å². The van der Waals surface area contributed by atoms with Gasteiger partial charge in [0.25, 0.3) is 5.91 Å². The highest BCUT2D eigenvalue weighted by molar-refractivity contribution is 7.89. The molecule has 8 heteroatoms. The Morgan fingerprint density at radius 3 is 2.68 bits per heavy atom. The number of hydrogen-bond donors (Lipinski definition) is 1. The third-order valence-corrected chi connectivity index (χ3v) is 7.37. The van der Waals surface area contributed by atoms with Crippen LogP contribution in [0.5, 0.6) is 5.75 Å². The van der Waals surface area contributed by atoms with E-state index in [0.29, 0.717) is 26.1 Å². The monoisotopic (exact) mass is 420 g/mol. The summed E-state index contributed by atoms with van der Waals surface area (Å²) in [7, 11) is -3.62. The number of ether oxygens (including phenoxy) is 1. The summed E-state index contributed by atoms with van der Waals surface area (Å²) < 4.78 is 32.7. The standard InChI is InChI=1S/C20H21ClN2O4S/c21-17-8-7-14(28(25,26)23-10-3-4-11-23)13-16(17)20(24)22-18-9-12-27-19-6-2-1-5-15(18)19/h1-2,5-8,13,18H,3-4,9-12H2,(H,22,24)/t18-/m1/s1. The maximum Gasteiger partial charge on any atom is 0.253 e. The number of halogens is 1. The fourth-order valence-corrected chi connectivity index (χ4v) is 5.39. The Balaban J connectivity index is 1.60. The van der Waals surface area contributed by atoms with Crippen molar-refractivity contribution in [1.29, 1.82) is 0 Å². The average Bonchev–Trinajstić information content (AvgIpc) is 3.24. The third-order valence-electron chi connectivity index (χ3n) is 5.15. The molecule has 0 spiro atoms. The largest absolute Gasteiger partial charge is 0.493 e. The van der Waals surface area contributed by atoms with Crippen molar-refractivity contribution in [2.45, 2.75) is 30.2 Å². The summed E-state index contributed by atoms with van der Waals surface area (Å²) in [4.78, 5) is 13.0. The van der Waals surface area contributed by atoms with Gasteiger partial charge in [-0.3, -0.25) is 4.79 Å². The molecule has 4 rings (SSSR count). The van der Waals surface area contributed by atoms with Crippen LogP contribution in [0.15, 0.2) is 47.4 Å². The van der Waals surface area contributed by atoms with E-state index in [9.17, 15) is 13.2 Å². The number of amides is 1. The molecule has 1 amide bonds. The lowest BCUT2D eigenvalue weighted by atomic mass is 10.00. The van der Waals surface area contributed by atoms with Crippen molar-refractivity contribution in [2.24, 2.45) is 0 Å². The number of nitrogens with zero attached hydrogens (tertiary/aromatic N) is 1. The Labute approximate surface area is 169 Å². The van der Waals surface area contributed by atoms with Crippen LogP contribution in [0.1, 0.15) is 41.2 Å². The summed E-state index contributed by atoms with van der Waals surface area (Å²) in [6, 6.07) is 11.6. The molecule has 2 aliphatic rings. The lowest BCUT2D eigenvalue weighted by molar-refractivity contribution is 0.0924. The number of sulfonamides is 1. The first kappa shape index (κ1) is 19.2. The Morgan fingerprint density at radius 1 is 1.14 bits per heavy atom. The molecule has 148 valence electrons. The fraction of sp³-hybridized carbons (Fsp3) is 0.350. The first-order valence-electron chi connectivity index (χ1n) is 9.29. The van der Waals surface area contributed by atoms with Crippen molar-refractivity contribution in [3.8, 4) is 5.75 Å². The molecule has 0 unspecified atom stereocenters. The highest BCUT2D eigenvalue weighted by Crippen LogP contribution is 2.32. The van der Waals surface area contributed by atoms with Crippen LogP contribution in [0.3, 0.4) is 0 Å². The van der Waals surface area contributed by atoms with Crippen LogP contribution in [0.4, 0.5) is 0 Å². The van der Waals surface area contributed by atoms with Gasteiger partial charge in [-0.25, -0.2) is 8.42 Å². The number of rotatable bonds is 4. The van der Waals surface area contributed by atoms with E-state index in [2.05, 4.69) is 5.32 Å². The SMILES string of the molecule is O=C(N[C@@H]1CCOc2ccccc21)c1cc(S(=O)(=O)N2CCCC2)ccc1Cl. The Morgan fingerprint density at radius 2 is 1.89 bits per heavy atom. The highest BCUT2D eigenvalue weighted by atomic mass is 35.5. The van der Waals surface area contributed by atoms with Crippen LogP contribution in [0.25, 0.3) is 0 Å². The molecule has 2 aromatic carbocycles. The lowest BCUT2D eigenvalue weighted by Crippen LogP contribution is -2.32. The topological polar surface area (TPSA) is 75.7 Å². The number of benzene rings is 2. The van der Waals surface area contributed by atoms with Gasteiger partial charge in [0, 0.05) is 25.1 Å². The fourth-order valence-electron chi connectivity index (χ4n) is 3.64. The quantitative estimate of drug-likeness (QED) is 0.822. The van der Waals surface area contributed by atoms with Crippen molar-refractivity contribution < 1.29 is 17.9 Å². The van der Waals surface area contributed by atoms with E-state index in [1.165, 1.54) is 22.5 Å². The smallest absolute Gasteiger partial charge is 0.253 e. The molecule has 1 N–H and O–H groups in total. The average molecular weight is 421 g/mol. The maximum absolute atomic E-state index is 12.9. The molecule has 0 radical (unpaired) electrons. The van der Waals surface area contributed by atoms with Crippen molar-refractivity contribution in [3.05, 3.63) is 58.6 Å². The third kappa shape index (κ3) is 3.62. The molecule has 0 bridgehead atoms. The molecule has 0 aliphatic carbocycles. The molecule has 1 saturated heterocycles. The summed E-state index contributed by atoms with van der Waals surface area (Å²) in [5, 5.41) is 3.19. The maximum atomic E-state index is 12.9.